The first-order valence-corrected chi connectivity index (χ1v) is 5.60. The van der Waals surface area contributed by atoms with Crippen LogP contribution in [0.25, 0.3) is 0 Å². The number of nitrogens with one attached hydrogen (secondary N) is 1. The number of pyridine rings is 1. The molecule has 6 nitrogen and oxygen atoms in total. The summed E-state index contributed by atoms with van der Waals surface area (Å²) in [4.78, 5) is 4.11. The second-order valence-electron chi connectivity index (χ2n) is 3.48. The van der Waals surface area contributed by atoms with Crippen molar-refractivity contribution >= 4 is 23.1 Å². The molecule has 0 saturated carbocycles. The number of nitrogens with two attached hydrogens (primary N) is 1. The highest BCUT2D eigenvalue weighted by Crippen LogP contribution is 2.19. The number of nitrogens with zero attached hydrogens (tertiary/aromatic N) is 4. The van der Waals surface area contributed by atoms with Crippen LogP contribution in [-0.2, 0) is 13.1 Å². The summed E-state index contributed by atoms with van der Waals surface area (Å²) in [6, 6.07) is 1.65. The van der Waals surface area contributed by atoms with Crippen LogP contribution in [0.1, 0.15) is 12.7 Å². The average Bonchev–Trinajstić information content (AvgIpc) is 2.75. The van der Waals surface area contributed by atoms with Crippen molar-refractivity contribution in [3.05, 3.63) is 29.4 Å². The Kier molecular flexibility index (Phi) is 3.43. The molecule has 0 aromatic carbocycles. The fraction of sp³-hybridized carbons (Fsp3) is 0.300. The molecule has 7 heteroatoms. The van der Waals surface area contributed by atoms with Gasteiger partial charge in [-0.05, 0) is 13.0 Å². The van der Waals surface area contributed by atoms with Gasteiger partial charge in [-0.2, -0.15) is 0 Å². The van der Waals surface area contributed by atoms with Gasteiger partial charge in [-0.15, -0.1) is 10.2 Å². The van der Waals surface area contributed by atoms with Gasteiger partial charge in [0.2, 0.25) is 0 Å². The SMILES string of the molecule is CCn1cnnc1CNc1ncc(Cl)cc1N. The van der Waals surface area contributed by atoms with E-state index in [1.165, 1.54) is 0 Å². The first kappa shape index (κ1) is 11.7. The van der Waals surface area contributed by atoms with Crippen molar-refractivity contribution in [3.63, 3.8) is 0 Å². The van der Waals surface area contributed by atoms with E-state index in [1.807, 2.05) is 11.5 Å². The van der Waals surface area contributed by atoms with Gasteiger partial charge in [-0.25, -0.2) is 4.98 Å². The minimum Gasteiger partial charge on any atom is -0.396 e. The molecule has 0 spiro atoms. The number of aromatic nitrogens is 4. The van der Waals surface area contributed by atoms with E-state index in [9.17, 15) is 0 Å². The molecule has 0 aliphatic rings. The third-order valence-corrected chi connectivity index (χ3v) is 2.54. The van der Waals surface area contributed by atoms with Crippen LogP contribution in [0.2, 0.25) is 5.02 Å². The van der Waals surface area contributed by atoms with E-state index < -0.39 is 0 Å². The van der Waals surface area contributed by atoms with E-state index in [4.69, 9.17) is 17.3 Å². The van der Waals surface area contributed by atoms with Crippen molar-refractivity contribution in [3.8, 4) is 0 Å². The molecule has 2 rings (SSSR count). The molecule has 0 amide bonds. The van der Waals surface area contributed by atoms with E-state index in [2.05, 4.69) is 20.5 Å². The number of hydrogen-bond donors (Lipinski definition) is 2. The molecule has 17 heavy (non-hydrogen) atoms. The molecule has 3 N–H and O–H groups in total. The highest BCUT2D eigenvalue weighted by Gasteiger charge is 2.05. The molecule has 2 aromatic rings. The normalized spacial score (nSPS) is 10.5. The predicted molar refractivity (Wildman–Crippen MR) is 66.7 cm³/mol. The van der Waals surface area contributed by atoms with Crippen molar-refractivity contribution in [2.45, 2.75) is 20.0 Å². The molecule has 0 aliphatic heterocycles. The number of anilines is 2. The fourth-order valence-corrected chi connectivity index (χ4v) is 1.61. The highest BCUT2D eigenvalue weighted by atomic mass is 35.5. The molecule has 90 valence electrons. The zero-order valence-corrected chi connectivity index (χ0v) is 10.1. The summed E-state index contributed by atoms with van der Waals surface area (Å²) in [7, 11) is 0. The van der Waals surface area contributed by atoms with Crippen LogP contribution < -0.4 is 11.1 Å². The summed E-state index contributed by atoms with van der Waals surface area (Å²) in [5, 5.41) is 11.5. The minimum absolute atomic E-state index is 0.514. The van der Waals surface area contributed by atoms with Gasteiger partial charge in [-0.1, -0.05) is 11.6 Å². The van der Waals surface area contributed by atoms with Crippen molar-refractivity contribution < 1.29 is 0 Å². The number of rotatable bonds is 4. The van der Waals surface area contributed by atoms with Crippen LogP contribution in [0, 0.1) is 0 Å². The standard InChI is InChI=1S/C10H13ClN6/c1-2-17-6-15-16-9(17)5-14-10-8(12)3-7(11)4-13-10/h3-4,6H,2,5,12H2,1H3,(H,13,14). The van der Waals surface area contributed by atoms with Crippen LogP contribution in [0.3, 0.4) is 0 Å². The lowest BCUT2D eigenvalue weighted by Gasteiger charge is -2.08. The van der Waals surface area contributed by atoms with E-state index in [-0.39, 0.29) is 0 Å². The number of nitrogen functional groups attached to an aromatic ring is 1. The maximum atomic E-state index is 5.78. The lowest BCUT2D eigenvalue weighted by molar-refractivity contribution is 0.707. The van der Waals surface area contributed by atoms with Gasteiger partial charge in [0, 0.05) is 12.7 Å². The van der Waals surface area contributed by atoms with E-state index >= 15 is 0 Å². The van der Waals surface area contributed by atoms with Gasteiger partial charge >= 0.3 is 0 Å². The minimum atomic E-state index is 0.514. The van der Waals surface area contributed by atoms with Crippen LogP contribution in [0.15, 0.2) is 18.6 Å². The monoisotopic (exact) mass is 252 g/mol. The quantitative estimate of drug-likeness (QED) is 0.863. The summed E-state index contributed by atoms with van der Waals surface area (Å²) >= 11 is 5.77. The maximum absolute atomic E-state index is 5.78. The van der Waals surface area contributed by atoms with Gasteiger partial charge in [0.25, 0.3) is 0 Å². The Morgan fingerprint density at radius 2 is 2.35 bits per heavy atom. The Morgan fingerprint density at radius 3 is 3.06 bits per heavy atom. The summed E-state index contributed by atoms with van der Waals surface area (Å²) in [5.74, 6) is 1.43. The number of aryl methyl sites for hydroxylation is 1. The van der Waals surface area contributed by atoms with Crippen molar-refractivity contribution in [2.24, 2.45) is 0 Å². The Bertz CT molecular complexity index is 509. The molecular formula is C10H13ClN6. The molecule has 0 aliphatic carbocycles. The van der Waals surface area contributed by atoms with Crippen LogP contribution in [0.4, 0.5) is 11.5 Å². The molecule has 0 fully saturated rings. The molecule has 0 bridgehead atoms. The third kappa shape index (κ3) is 2.65. The second-order valence-corrected chi connectivity index (χ2v) is 3.91. The Morgan fingerprint density at radius 1 is 1.53 bits per heavy atom. The van der Waals surface area contributed by atoms with Crippen molar-refractivity contribution in [1.29, 1.82) is 0 Å². The van der Waals surface area contributed by atoms with Gasteiger partial charge in [0.05, 0.1) is 17.3 Å². The third-order valence-electron chi connectivity index (χ3n) is 2.33. The summed E-state index contributed by atoms with van der Waals surface area (Å²) in [6.07, 6.45) is 3.24. The molecule has 2 heterocycles. The summed E-state index contributed by atoms with van der Waals surface area (Å²) in [6.45, 7) is 3.38. The second kappa shape index (κ2) is 5.01. The molecule has 2 aromatic heterocycles. The van der Waals surface area contributed by atoms with Crippen molar-refractivity contribution in [2.75, 3.05) is 11.1 Å². The van der Waals surface area contributed by atoms with Gasteiger partial charge in [0.1, 0.15) is 12.1 Å². The van der Waals surface area contributed by atoms with Crippen LogP contribution >= 0.6 is 11.6 Å². The summed E-state index contributed by atoms with van der Waals surface area (Å²) < 4.78 is 1.94. The highest BCUT2D eigenvalue weighted by molar-refractivity contribution is 6.30. The lowest BCUT2D eigenvalue weighted by atomic mass is 10.4. The Labute approximate surface area is 104 Å². The van der Waals surface area contributed by atoms with Crippen LogP contribution in [-0.4, -0.2) is 19.7 Å². The number of halogens is 1. The van der Waals surface area contributed by atoms with E-state index in [0.717, 1.165) is 12.4 Å². The van der Waals surface area contributed by atoms with Crippen LogP contribution in [0.5, 0.6) is 0 Å². The topological polar surface area (TPSA) is 81.7 Å². The molecule has 0 radical (unpaired) electrons. The van der Waals surface area contributed by atoms with E-state index in [0.29, 0.717) is 23.1 Å². The Balaban J connectivity index is 2.07. The van der Waals surface area contributed by atoms with E-state index in [1.54, 1.807) is 18.6 Å². The van der Waals surface area contributed by atoms with Crippen molar-refractivity contribution in [1.82, 2.24) is 19.7 Å². The molecule has 0 atom stereocenters. The summed E-state index contributed by atoms with van der Waals surface area (Å²) in [5.41, 5.74) is 6.29. The first-order valence-electron chi connectivity index (χ1n) is 5.22. The molecule has 0 unspecified atom stereocenters. The zero-order chi connectivity index (χ0) is 12.3. The molecule has 0 saturated heterocycles. The average molecular weight is 253 g/mol. The maximum Gasteiger partial charge on any atom is 0.152 e. The number of hydrogen-bond acceptors (Lipinski definition) is 5. The van der Waals surface area contributed by atoms with Gasteiger partial charge in [0.15, 0.2) is 5.82 Å². The molecular weight excluding hydrogens is 240 g/mol. The fourth-order valence-electron chi connectivity index (χ4n) is 1.45. The lowest BCUT2D eigenvalue weighted by Crippen LogP contribution is -2.09. The van der Waals surface area contributed by atoms with Gasteiger partial charge in [-0.3, -0.25) is 0 Å². The predicted octanol–water partition coefficient (Wildman–Crippen LogP) is 1.54. The largest absolute Gasteiger partial charge is 0.396 e. The zero-order valence-electron chi connectivity index (χ0n) is 9.39. The first-order chi connectivity index (χ1) is 8.20. The Hall–Kier alpha value is -1.82. The van der Waals surface area contributed by atoms with Gasteiger partial charge < -0.3 is 15.6 Å². The smallest absolute Gasteiger partial charge is 0.152 e.